The van der Waals surface area contributed by atoms with Crippen LogP contribution < -0.4 is 10.6 Å². The number of hydrogen-bond acceptors (Lipinski definition) is 3. The average molecular weight is 269 g/mol. The largest absolute Gasteiger partial charge is 0.480 e. The van der Waals surface area contributed by atoms with E-state index in [2.05, 4.69) is 10.6 Å². The van der Waals surface area contributed by atoms with E-state index in [-0.39, 0.29) is 24.7 Å². The Bertz CT molecular complexity index is 338. The molecular weight excluding hydrogens is 246 g/mol. The predicted octanol–water partition coefficient (Wildman–Crippen LogP) is 0.776. The Morgan fingerprint density at radius 3 is 2.32 bits per heavy atom. The molecule has 0 aromatic heterocycles. The van der Waals surface area contributed by atoms with Gasteiger partial charge in [-0.05, 0) is 38.6 Å². The molecule has 0 radical (unpaired) electrons. The maximum atomic E-state index is 11.6. The van der Waals surface area contributed by atoms with Crippen molar-refractivity contribution in [3.8, 4) is 0 Å². The molecule has 0 aliphatic heterocycles. The molecule has 0 bridgehead atoms. The molecule has 2 saturated carbocycles. The van der Waals surface area contributed by atoms with Crippen molar-refractivity contribution in [3.05, 3.63) is 0 Å². The monoisotopic (exact) mass is 269 g/mol. The first kappa shape index (κ1) is 14.1. The van der Waals surface area contributed by atoms with Crippen molar-refractivity contribution >= 4 is 12.0 Å². The molecule has 0 spiro atoms. The summed E-state index contributed by atoms with van der Waals surface area (Å²) in [5.41, 5.74) is 0. The molecule has 0 saturated heterocycles. The SMILES string of the molecule is CCN(CC(=O)O)C1CC(NC(=O)NC2CCC2)C1. The Kier molecular flexibility index (Phi) is 4.63. The first-order valence-corrected chi connectivity index (χ1v) is 7.11. The number of hydrogen-bond donors (Lipinski definition) is 3. The number of carbonyl (C=O) groups excluding carboxylic acids is 1. The number of amides is 2. The van der Waals surface area contributed by atoms with Crippen LogP contribution in [-0.4, -0.2) is 53.2 Å². The minimum Gasteiger partial charge on any atom is -0.480 e. The smallest absolute Gasteiger partial charge is 0.317 e. The van der Waals surface area contributed by atoms with E-state index in [1.54, 1.807) is 0 Å². The van der Waals surface area contributed by atoms with Crippen molar-refractivity contribution in [3.63, 3.8) is 0 Å². The molecule has 19 heavy (non-hydrogen) atoms. The van der Waals surface area contributed by atoms with Crippen molar-refractivity contribution in [2.75, 3.05) is 13.1 Å². The van der Waals surface area contributed by atoms with Gasteiger partial charge in [0, 0.05) is 18.1 Å². The van der Waals surface area contributed by atoms with Crippen LogP contribution >= 0.6 is 0 Å². The molecule has 0 unspecified atom stereocenters. The summed E-state index contributed by atoms with van der Waals surface area (Å²) in [6, 6.07) is 0.757. The van der Waals surface area contributed by atoms with E-state index in [0.29, 0.717) is 6.04 Å². The highest BCUT2D eigenvalue weighted by atomic mass is 16.4. The van der Waals surface area contributed by atoms with E-state index >= 15 is 0 Å². The summed E-state index contributed by atoms with van der Waals surface area (Å²) in [7, 11) is 0. The van der Waals surface area contributed by atoms with Gasteiger partial charge >= 0.3 is 12.0 Å². The first-order chi connectivity index (χ1) is 9.08. The van der Waals surface area contributed by atoms with Crippen LogP contribution in [0.4, 0.5) is 4.79 Å². The maximum absolute atomic E-state index is 11.6. The summed E-state index contributed by atoms with van der Waals surface area (Å²) in [4.78, 5) is 24.3. The fourth-order valence-corrected chi connectivity index (χ4v) is 2.64. The second-order valence-electron chi connectivity index (χ2n) is 5.52. The van der Waals surface area contributed by atoms with Gasteiger partial charge in [0.25, 0.3) is 0 Å². The molecule has 2 aliphatic rings. The molecule has 0 aromatic carbocycles. The van der Waals surface area contributed by atoms with Crippen LogP contribution in [0.2, 0.25) is 0 Å². The predicted molar refractivity (Wildman–Crippen MR) is 71.0 cm³/mol. The number of likely N-dealkylation sites (N-methyl/N-ethyl adjacent to an activating group) is 1. The highest BCUT2D eigenvalue weighted by Crippen LogP contribution is 2.25. The Balaban J connectivity index is 1.64. The van der Waals surface area contributed by atoms with Gasteiger partial charge in [-0.15, -0.1) is 0 Å². The van der Waals surface area contributed by atoms with Gasteiger partial charge in [0.2, 0.25) is 0 Å². The molecule has 0 aromatic rings. The number of carboxylic acid groups (broad SMARTS) is 1. The molecule has 2 rings (SSSR count). The third-order valence-electron chi connectivity index (χ3n) is 4.15. The van der Waals surface area contributed by atoms with Crippen LogP contribution in [0.1, 0.15) is 39.0 Å². The second-order valence-corrected chi connectivity index (χ2v) is 5.52. The maximum Gasteiger partial charge on any atom is 0.317 e. The summed E-state index contributed by atoms with van der Waals surface area (Å²) < 4.78 is 0. The van der Waals surface area contributed by atoms with Crippen LogP contribution in [0.3, 0.4) is 0 Å². The Labute approximate surface area is 113 Å². The molecule has 108 valence electrons. The fourth-order valence-electron chi connectivity index (χ4n) is 2.64. The minimum atomic E-state index is -0.791. The van der Waals surface area contributed by atoms with Crippen LogP contribution in [0.25, 0.3) is 0 Å². The van der Waals surface area contributed by atoms with Gasteiger partial charge in [0.15, 0.2) is 0 Å². The summed E-state index contributed by atoms with van der Waals surface area (Å²) in [6.07, 6.45) is 5.07. The lowest BCUT2D eigenvalue weighted by molar-refractivity contribution is -0.139. The third kappa shape index (κ3) is 3.83. The zero-order valence-electron chi connectivity index (χ0n) is 11.4. The number of nitrogens with one attached hydrogen (secondary N) is 2. The van der Waals surface area contributed by atoms with E-state index in [1.165, 1.54) is 6.42 Å². The Morgan fingerprint density at radius 1 is 1.21 bits per heavy atom. The third-order valence-corrected chi connectivity index (χ3v) is 4.15. The van der Waals surface area contributed by atoms with Crippen LogP contribution in [-0.2, 0) is 4.79 Å². The molecule has 0 heterocycles. The van der Waals surface area contributed by atoms with E-state index in [9.17, 15) is 9.59 Å². The highest BCUT2D eigenvalue weighted by Gasteiger charge is 2.35. The van der Waals surface area contributed by atoms with E-state index in [0.717, 1.165) is 32.2 Å². The van der Waals surface area contributed by atoms with Gasteiger partial charge in [0.1, 0.15) is 0 Å². The highest BCUT2D eigenvalue weighted by molar-refractivity contribution is 5.74. The van der Waals surface area contributed by atoms with Crippen molar-refractivity contribution < 1.29 is 14.7 Å². The first-order valence-electron chi connectivity index (χ1n) is 7.11. The lowest BCUT2D eigenvalue weighted by Crippen LogP contribution is -2.57. The molecule has 3 N–H and O–H groups in total. The quantitative estimate of drug-likeness (QED) is 0.665. The number of aliphatic carboxylic acids is 1. The summed E-state index contributed by atoms with van der Waals surface area (Å²) in [5, 5.41) is 14.7. The number of carboxylic acids is 1. The van der Waals surface area contributed by atoms with Gasteiger partial charge in [-0.25, -0.2) is 4.79 Å². The lowest BCUT2D eigenvalue weighted by atomic mass is 9.85. The summed E-state index contributed by atoms with van der Waals surface area (Å²) >= 11 is 0. The van der Waals surface area contributed by atoms with Gasteiger partial charge in [-0.1, -0.05) is 6.92 Å². The summed E-state index contributed by atoms with van der Waals surface area (Å²) in [6.45, 7) is 2.78. The summed E-state index contributed by atoms with van der Waals surface area (Å²) in [5.74, 6) is -0.791. The topological polar surface area (TPSA) is 81.7 Å². The van der Waals surface area contributed by atoms with Crippen molar-refractivity contribution in [2.24, 2.45) is 0 Å². The number of rotatable bonds is 6. The molecule has 2 amide bonds. The van der Waals surface area contributed by atoms with Gasteiger partial charge in [0.05, 0.1) is 6.54 Å². The van der Waals surface area contributed by atoms with Gasteiger partial charge in [-0.2, -0.15) is 0 Å². The average Bonchev–Trinajstić information content (AvgIpc) is 2.25. The number of nitrogens with zero attached hydrogens (tertiary/aromatic N) is 1. The van der Waals surface area contributed by atoms with E-state index in [4.69, 9.17) is 5.11 Å². The standard InChI is InChI=1S/C13H23N3O3/c1-2-16(8-12(17)18)11-6-10(7-11)15-13(19)14-9-4-3-5-9/h9-11H,2-8H2,1H3,(H,17,18)(H2,14,15,19). The Hall–Kier alpha value is -1.30. The molecule has 2 fully saturated rings. The Morgan fingerprint density at radius 2 is 1.84 bits per heavy atom. The van der Waals surface area contributed by atoms with Crippen LogP contribution in [0.5, 0.6) is 0 Å². The van der Waals surface area contributed by atoms with E-state index < -0.39 is 5.97 Å². The molecule has 6 heteroatoms. The zero-order valence-corrected chi connectivity index (χ0v) is 11.4. The van der Waals surface area contributed by atoms with Crippen LogP contribution in [0, 0.1) is 0 Å². The van der Waals surface area contributed by atoms with E-state index in [1.807, 2.05) is 11.8 Å². The number of carbonyl (C=O) groups is 2. The van der Waals surface area contributed by atoms with Gasteiger partial charge < -0.3 is 15.7 Å². The zero-order chi connectivity index (χ0) is 13.8. The fraction of sp³-hybridized carbons (Fsp3) is 0.846. The van der Waals surface area contributed by atoms with Crippen molar-refractivity contribution in [2.45, 2.75) is 57.2 Å². The van der Waals surface area contributed by atoms with Crippen molar-refractivity contribution in [1.82, 2.24) is 15.5 Å². The number of urea groups is 1. The minimum absolute atomic E-state index is 0.0746. The molecule has 6 nitrogen and oxygen atoms in total. The lowest BCUT2D eigenvalue weighted by Gasteiger charge is -2.42. The molecule has 0 atom stereocenters. The van der Waals surface area contributed by atoms with Crippen molar-refractivity contribution in [1.29, 1.82) is 0 Å². The molecular formula is C13H23N3O3. The second kappa shape index (κ2) is 6.23. The van der Waals surface area contributed by atoms with Crippen LogP contribution in [0.15, 0.2) is 0 Å². The normalized spacial score (nSPS) is 26.4. The molecule has 2 aliphatic carbocycles. The van der Waals surface area contributed by atoms with Gasteiger partial charge in [-0.3, -0.25) is 9.69 Å².